The first-order valence-corrected chi connectivity index (χ1v) is 8.46. The Bertz CT molecular complexity index is 478. The largest absolute Gasteiger partial charge is 0.362 e. The number of aryl methyl sites for hydroxylation is 2. The molecule has 1 aromatic heterocycles. The average Bonchev–Trinajstić information content (AvgIpc) is 2.67. The molecule has 1 aromatic rings. The molecule has 1 unspecified atom stereocenters. The Labute approximate surface area is 122 Å². The van der Waals surface area contributed by atoms with E-state index in [-0.39, 0.29) is 0 Å². The van der Waals surface area contributed by atoms with E-state index in [4.69, 9.17) is 5.73 Å². The van der Waals surface area contributed by atoms with E-state index < -0.39 is 0 Å². The zero-order valence-corrected chi connectivity index (χ0v) is 12.9. The van der Waals surface area contributed by atoms with Crippen molar-refractivity contribution >= 4 is 0 Å². The van der Waals surface area contributed by atoms with Gasteiger partial charge in [-0.15, -0.1) is 0 Å². The van der Waals surface area contributed by atoms with Crippen molar-refractivity contribution in [2.45, 2.75) is 58.3 Å². The van der Waals surface area contributed by atoms with Crippen LogP contribution in [0.3, 0.4) is 0 Å². The van der Waals surface area contributed by atoms with Crippen LogP contribution in [0.4, 0.5) is 0 Å². The summed E-state index contributed by atoms with van der Waals surface area (Å²) >= 11 is 0. The highest BCUT2D eigenvalue weighted by atomic mass is 14.7. The minimum atomic E-state index is 0.531. The minimum absolute atomic E-state index is 0.531. The molecule has 4 bridgehead atoms. The van der Waals surface area contributed by atoms with E-state index in [1.807, 2.05) is 0 Å². The van der Waals surface area contributed by atoms with Crippen LogP contribution in [0.2, 0.25) is 0 Å². The second-order valence-electron chi connectivity index (χ2n) is 8.10. The van der Waals surface area contributed by atoms with E-state index in [2.05, 4.69) is 24.9 Å². The van der Waals surface area contributed by atoms with E-state index in [1.54, 1.807) is 0 Å². The molecular weight excluding hydrogens is 244 g/mol. The predicted octanol–water partition coefficient (Wildman–Crippen LogP) is 3.89. The fraction of sp³-hybridized carbons (Fsp3) is 0.778. The van der Waals surface area contributed by atoms with E-state index in [1.165, 1.54) is 55.5 Å². The van der Waals surface area contributed by atoms with Crippen LogP contribution in [0, 0.1) is 37.0 Å². The molecule has 110 valence electrons. The third-order valence-corrected chi connectivity index (χ3v) is 6.63. The van der Waals surface area contributed by atoms with Crippen molar-refractivity contribution in [2.24, 2.45) is 28.9 Å². The molecule has 4 saturated carbocycles. The third kappa shape index (κ3) is 1.80. The molecule has 5 rings (SSSR count). The summed E-state index contributed by atoms with van der Waals surface area (Å²) in [4.78, 5) is 3.50. The molecule has 0 aromatic carbocycles. The summed E-state index contributed by atoms with van der Waals surface area (Å²) in [6, 6.07) is 2.37. The van der Waals surface area contributed by atoms with Gasteiger partial charge in [0.25, 0.3) is 0 Å². The van der Waals surface area contributed by atoms with Crippen molar-refractivity contribution in [3.63, 3.8) is 0 Å². The maximum Gasteiger partial charge on any atom is 0.0153 e. The van der Waals surface area contributed by atoms with Gasteiger partial charge < -0.3 is 10.7 Å². The highest BCUT2D eigenvalue weighted by molar-refractivity contribution is 5.31. The van der Waals surface area contributed by atoms with Crippen LogP contribution in [-0.4, -0.2) is 11.5 Å². The summed E-state index contributed by atoms with van der Waals surface area (Å²) < 4.78 is 0. The number of aromatic amines is 1. The lowest BCUT2D eigenvalue weighted by atomic mass is 9.46. The smallest absolute Gasteiger partial charge is 0.0153 e. The zero-order valence-electron chi connectivity index (χ0n) is 12.9. The molecule has 2 nitrogen and oxygen atoms in total. The summed E-state index contributed by atoms with van der Waals surface area (Å²) in [5.74, 6) is 3.61. The standard InChI is InChI=1S/C18H28N2/c1-11-3-16(12(2)20-11)17(10-19)18-7-13-4-14(8-18)6-15(5-13)9-18/h3,13-15,17,20H,4-10,19H2,1-2H3. The molecule has 1 atom stereocenters. The molecule has 4 fully saturated rings. The van der Waals surface area contributed by atoms with Gasteiger partial charge in [-0.05, 0) is 93.7 Å². The van der Waals surface area contributed by atoms with Crippen LogP contribution in [0.15, 0.2) is 6.07 Å². The Morgan fingerprint density at radius 3 is 2.10 bits per heavy atom. The zero-order chi connectivity index (χ0) is 13.9. The van der Waals surface area contributed by atoms with Gasteiger partial charge in [0.15, 0.2) is 0 Å². The van der Waals surface area contributed by atoms with Crippen LogP contribution in [0.25, 0.3) is 0 Å². The van der Waals surface area contributed by atoms with E-state index in [0.717, 1.165) is 24.3 Å². The Hall–Kier alpha value is -0.760. The minimum Gasteiger partial charge on any atom is -0.362 e. The first-order valence-electron chi connectivity index (χ1n) is 8.46. The molecule has 1 heterocycles. The molecule has 20 heavy (non-hydrogen) atoms. The van der Waals surface area contributed by atoms with Crippen LogP contribution in [-0.2, 0) is 0 Å². The molecular formula is C18H28N2. The lowest BCUT2D eigenvalue weighted by Gasteiger charge is -2.59. The fourth-order valence-electron chi connectivity index (χ4n) is 6.42. The van der Waals surface area contributed by atoms with Gasteiger partial charge in [-0.25, -0.2) is 0 Å². The Kier molecular flexibility index (Phi) is 2.82. The molecule has 0 amide bonds. The molecule has 2 heteroatoms. The third-order valence-electron chi connectivity index (χ3n) is 6.63. The van der Waals surface area contributed by atoms with Crippen molar-refractivity contribution in [3.8, 4) is 0 Å². The van der Waals surface area contributed by atoms with Gasteiger partial charge in [-0.1, -0.05) is 0 Å². The topological polar surface area (TPSA) is 41.8 Å². The summed E-state index contributed by atoms with van der Waals surface area (Å²) in [5.41, 5.74) is 11.0. The normalized spacial score (nSPS) is 40.2. The second kappa shape index (κ2) is 4.37. The number of nitrogens with one attached hydrogen (secondary N) is 1. The maximum atomic E-state index is 6.29. The van der Waals surface area contributed by atoms with E-state index >= 15 is 0 Å². The van der Waals surface area contributed by atoms with Crippen molar-refractivity contribution in [1.82, 2.24) is 4.98 Å². The Morgan fingerprint density at radius 1 is 1.15 bits per heavy atom. The lowest BCUT2D eigenvalue weighted by Crippen LogP contribution is -2.50. The number of rotatable bonds is 3. The highest BCUT2D eigenvalue weighted by Gasteiger charge is 2.54. The first kappa shape index (κ1) is 12.9. The summed E-state index contributed by atoms with van der Waals surface area (Å²) in [6.45, 7) is 5.22. The average molecular weight is 272 g/mol. The van der Waals surface area contributed by atoms with Gasteiger partial charge in [-0.3, -0.25) is 0 Å². The number of H-pyrrole nitrogens is 1. The molecule has 4 aliphatic carbocycles. The van der Waals surface area contributed by atoms with E-state index in [9.17, 15) is 0 Å². The summed E-state index contributed by atoms with van der Waals surface area (Å²) in [5, 5.41) is 0. The van der Waals surface area contributed by atoms with Gasteiger partial charge in [0.1, 0.15) is 0 Å². The van der Waals surface area contributed by atoms with Crippen LogP contribution in [0.5, 0.6) is 0 Å². The Morgan fingerprint density at radius 2 is 1.70 bits per heavy atom. The highest BCUT2D eigenvalue weighted by Crippen LogP contribution is 2.64. The first-order chi connectivity index (χ1) is 9.59. The van der Waals surface area contributed by atoms with Crippen LogP contribution < -0.4 is 5.73 Å². The Balaban J connectivity index is 1.72. The van der Waals surface area contributed by atoms with Crippen molar-refractivity contribution < 1.29 is 0 Å². The number of hydrogen-bond acceptors (Lipinski definition) is 1. The monoisotopic (exact) mass is 272 g/mol. The predicted molar refractivity (Wildman–Crippen MR) is 82.7 cm³/mol. The van der Waals surface area contributed by atoms with Crippen molar-refractivity contribution in [1.29, 1.82) is 0 Å². The maximum absolute atomic E-state index is 6.29. The van der Waals surface area contributed by atoms with Gasteiger partial charge >= 0.3 is 0 Å². The molecule has 0 aliphatic heterocycles. The number of hydrogen-bond donors (Lipinski definition) is 2. The molecule has 4 aliphatic rings. The van der Waals surface area contributed by atoms with Crippen LogP contribution >= 0.6 is 0 Å². The van der Waals surface area contributed by atoms with Crippen molar-refractivity contribution in [3.05, 3.63) is 23.0 Å². The fourth-order valence-corrected chi connectivity index (χ4v) is 6.42. The van der Waals surface area contributed by atoms with Crippen LogP contribution in [0.1, 0.15) is 61.4 Å². The lowest BCUT2D eigenvalue weighted by molar-refractivity contribution is -0.0672. The van der Waals surface area contributed by atoms with Gasteiger partial charge in [0.05, 0.1) is 0 Å². The van der Waals surface area contributed by atoms with Gasteiger partial charge in [-0.2, -0.15) is 0 Å². The second-order valence-corrected chi connectivity index (χ2v) is 8.10. The van der Waals surface area contributed by atoms with Crippen molar-refractivity contribution in [2.75, 3.05) is 6.54 Å². The van der Waals surface area contributed by atoms with E-state index in [0.29, 0.717) is 11.3 Å². The molecule has 0 saturated heterocycles. The van der Waals surface area contributed by atoms with Gasteiger partial charge in [0, 0.05) is 17.3 Å². The molecule has 3 N–H and O–H groups in total. The number of nitrogens with two attached hydrogens (primary N) is 1. The number of aromatic nitrogens is 1. The SMILES string of the molecule is Cc1cc(C(CN)C23CC4CC(CC(C4)C2)C3)c(C)[nH]1. The summed E-state index contributed by atoms with van der Waals surface area (Å²) in [6.07, 6.45) is 8.89. The summed E-state index contributed by atoms with van der Waals surface area (Å²) in [7, 11) is 0. The molecule has 0 spiro atoms. The quantitative estimate of drug-likeness (QED) is 0.861. The van der Waals surface area contributed by atoms with Gasteiger partial charge in [0.2, 0.25) is 0 Å². The molecule has 0 radical (unpaired) electrons.